The summed E-state index contributed by atoms with van der Waals surface area (Å²) in [6.07, 6.45) is 0. The van der Waals surface area contributed by atoms with E-state index >= 15 is 0 Å². The molecule has 1 heterocycles. The van der Waals surface area contributed by atoms with E-state index in [-0.39, 0.29) is 12.1 Å². The van der Waals surface area contributed by atoms with Crippen molar-refractivity contribution < 1.29 is 13.6 Å². The highest BCUT2D eigenvalue weighted by Crippen LogP contribution is 2.49. The molecule has 0 aliphatic carbocycles. The van der Waals surface area contributed by atoms with E-state index in [1.165, 1.54) is 24.7 Å². The van der Waals surface area contributed by atoms with Gasteiger partial charge >= 0.3 is 13.3 Å². The van der Waals surface area contributed by atoms with Gasteiger partial charge in [-0.05, 0) is 50.3 Å². The third kappa shape index (κ3) is 4.55. The minimum atomic E-state index is -3.56. The van der Waals surface area contributed by atoms with Crippen LogP contribution in [0.2, 0.25) is 0 Å². The summed E-state index contributed by atoms with van der Waals surface area (Å²) in [4.78, 5) is 14.9. The fourth-order valence-corrected chi connectivity index (χ4v) is 3.68. The maximum absolute atomic E-state index is 13.0. The molecule has 27 heavy (non-hydrogen) atoms. The van der Waals surface area contributed by atoms with Crippen molar-refractivity contribution in [3.8, 4) is 5.69 Å². The van der Waals surface area contributed by atoms with Crippen LogP contribution in [-0.4, -0.2) is 51.0 Å². The van der Waals surface area contributed by atoms with Gasteiger partial charge in [0.15, 0.2) is 0 Å². The number of benzene rings is 1. The molecule has 1 aromatic carbocycles. The molecular formula is C17H26N5O4P. The molecule has 0 saturated heterocycles. The van der Waals surface area contributed by atoms with Crippen molar-refractivity contribution in [2.75, 3.05) is 14.2 Å². The van der Waals surface area contributed by atoms with E-state index in [9.17, 15) is 9.36 Å². The summed E-state index contributed by atoms with van der Waals surface area (Å²) in [6.45, 7) is 7.85. The lowest BCUT2D eigenvalue weighted by Gasteiger charge is -2.34. The summed E-state index contributed by atoms with van der Waals surface area (Å²) in [5.74, 6) is 1.59. The Morgan fingerprint density at radius 1 is 1.07 bits per heavy atom. The van der Waals surface area contributed by atoms with Crippen molar-refractivity contribution in [3.05, 3.63) is 46.6 Å². The minimum absolute atomic E-state index is 0.00723. The van der Waals surface area contributed by atoms with Crippen LogP contribution in [0.3, 0.4) is 0 Å². The monoisotopic (exact) mass is 395 g/mol. The summed E-state index contributed by atoms with van der Waals surface area (Å²) in [5, 5.41) is 7.97. The Hall–Kier alpha value is -2.22. The smallest absolute Gasteiger partial charge is 0.351 e. The van der Waals surface area contributed by atoms with Crippen LogP contribution >= 0.6 is 7.60 Å². The summed E-state index contributed by atoms with van der Waals surface area (Å²) >= 11 is 0. The number of tetrazole rings is 1. The SMILES string of the molecule is COP(=O)(/C=C(/N(C(C)C)C(C)C)n1nnn(-c2ccccc2)c1=O)OC. The number of hydrogen-bond donors (Lipinski definition) is 0. The molecule has 0 N–H and O–H groups in total. The van der Waals surface area contributed by atoms with E-state index in [2.05, 4.69) is 10.4 Å². The zero-order valence-corrected chi connectivity index (χ0v) is 17.3. The molecule has 0 aliphatic rings. The Balaban J connectivity index is 2.69. The maximum Gasteiger partial charge on any atom is 0.374 e. The third-order valence-electron chi connectivity index (χ3n) is 3.96. The molecule has 2 rings (SSSR count). The van der Waals surface area contributed by atoms with Gasteiger partial charge in [0, 0.05) is 26.3 Å². The highest BCUT2D eigenvalue weighted by molar-refractivity contribution is 7.57. The predicted molar refractivity (Wildman–Crippen MR) is 104 cm³/mol. The number of nitrogens with zero attached hydrogens (tertiary/aromatic N) is 5. The number of hydrogen-bond acceptors (Lipinski definition) is 7. The van der Waals surface area contributed by atoms with E-state index < -0.39 is 13.3 Å². The molecule has 0 radical (unpaired) electrons. The van der Waals surface area contributed by atoms with E-state index in [0.717, 1.165) is 4.68 Å². The molecule has 0 saturated carbocycles. The number of rotatable bonds is 8. The van der Waals surface area contributed by atoms with E-state index in [1.54, 1.807) is 24.3 Å². The van der Waals surface area contributed by atoms with Gasteiger partial charge in [0.1, 0.15) is 5.82 Å². The number of aromatic nitrogens is 4. The Morgan fingerprint density at radius 2 is 1.63 bits per heavy atom. The van der Waals surface area contributed by atoms with Crippen LogP contribution in [0, 0.1) is 0 Å². The molecule has 9 nitrogen and oxygen atoms in total. The number of para-hydroxylation sites is 1. The van der Waals surface area contributed by atoms with E-state index in [4.69, 9.17) is 9.05 Å². The zero-order chi connectivity index (χ0) is 20.2. The van der Waals surface area contributed by atoms with Gasteiger partial charge in [-0.15, -0.1) is 4.68 Å². The normalized spacial score (nSPS) is 12.8. The molecule has 2 aromatic rings. The fourth-order valence-electron chi connectivity index (χ4n) is 2.80. The van der Waals surface area contributed by atoms with Gasteiger partial charge in [-0.25, -0.2) is 4.79 Å². The zero-order valence-electron chi connectivity index (χ0n) is 16.4. The first kappa shape index (κ1) is 21.1. The summed E-state index contributed by atoms with van der Waals surface area (Å²) < 4.78 is 25.1. The first-order chi connectivity index (χ1) is 12.7. The minimum Gasteiger partial charge on any atom is -0.351 e. The molecule has 0 amide bonds. The lowest BCUT2D eigenvalue weighted by Crippen LogP contribution is -2.40. The van der Waals surface area contributed by atoms with Gasteiger partial charge in [-0.2, -0.15) is 4.68 Å². The van der Waals surface area contributed by atoms with E-state index in [0.29, 0.717) is 11.5 Å². The quantitative estimate of drug-likeness (QED) is 0.635. The molecule has 0 fully saturated rings. The molecule has 0 spiro atoms. The maximum atomic E-state index is 13.0. The fraction of sp³-hybridized carbons (Fsp3) is 0.471. The Kier molecular flexibility index (Phi) is 6.75. The van der Waals surface area contributed by atoms with Gasteiger partial charge in [0.05, 0.1) is 11.5 Å². The lowest BCUT2D eigenvalue weighted by molar-refractivity contribution is 0.254. The van der Waals surface area contributed by atoms with Crippen LogP contribution < -0.4 is 5.69 Å². The van der Waals surface area contributed by atoms with Gasteiger partial charge < -0.3 is 13.9 Å². The van der Waals surface area contributed by atoms with Crippen molar-refractivity contribution in [2.45, 2.75) is 39.8 Å². The molecule has 10 heteroatoms. The molecule has 0 unspecified atom stereocenters. The second kappa shape index (κ2) is 8.65. The first-order valence-corrected chi connectivity index (χ1v) is 10.2. The first-order valence-electron chi connectivity index (χ1n) is 8.57. The average Bonchev–Trinajstić information content (AvgIpc) is 3.02. The molecular weight excluding hydrogens is 369 g/mol. The van der Waals surface area contributed by atoms with Crippen molar-refractivity contribution in [3.63, 3.8) is 0 Å². The van der Waals surface area contributed by atoms with Crippen molar-refractivity contribution in [1.29, 1.82) is 0 Å². The predicted octanol–water partition coefficient (Wildman–Crippen LogP) is 2.79. The van der Waals surface area contributed by atoms with Gasteiger partial charge in [-0.1, -0.05) is 18.2 Å². The third-order valence-corrected chi connectivity index (χ3v) is 5.52. The van der Waals surface area contributed by atoms with Gasteiger partial charge in [0.2, 0.25) is 0 Å². The topological polar surface area (TPSA) is 91.5 Å². The van der Waals surface area contributed by atoms with Crippen LogP contribution in [0.25, 0.3) is 11.5 Å². The Labute approximate surface area is 158 Å². The molecule has 0 aliphatic heterocycles. The highest BCUT2D eigenvalue weighted by Gasteiger charge is 2.28. The van der Waals surface area contributed by atoms with Crippen molar-refractivity contribution in [2.24, 2.45) is 0 Å². The van der Waals surface area contributed by atoms with Gasteiger partial charge in [0.25, 0.3) is 0 Å². The average molecular weight is 395 g/mol. The van der Waals surface area contributed by atoms with Crippen LogP contribution in [-0.2, 0) is 13.6 Å². The van der Waals surface area contributed by atoms with Crippen LogP contribution in [0.5, 0.6) is 0 Å². The second-order valence-electron chi connectivity index (χ2n) is 6.41. The van der Waals surface area contributed by atoms with Crippen LogP contribution in [0.1, 0.15) is 27.7 Å². The Morgan fingerprint density at radius 3 is 2.11 bits per heavy atom. The second-order valence-corrected chi connectivity index (χ2v) is 8.48. The summed E-state index contributed by atoms with van der Waals surface area (Å²) in [6, 6.07) is 8.94. The molecule has 1 aromatic heterocycles. The standard InChI is InChI=1S/C17H26N5O4P/c1-13(2)20(14(3)4)16(12-27(24,25-5)26-6)22-17(23)21(18-19-22)15-10-8-7-9-11-15/h7-14H,1-6H3/b16-12-. The highest BCUT2D eigenvalue weighted by atomic mass is 31.2. The molecule has 0 atom stereocenters. The van der Waals surface area contributed by atoms with E-state index in [1.807, 2.05) is 38.7 Å². The Bertz CT molecular complexity index is 872. The summed E-state index contributed by atoms with van der Waals surface area (Å²) in [7, 11) is -0.981. The van der Waals surface area contributed by atoms with Crippen LogP contribution in [0.4, 0.5) is 0 Å². The lowest BCUT2D eigenvalue weighted by atomic mass is 10.2. The van der Waals surface area contributed by atoms with Crippen molar-refractivity contribution in [1.82, 2.24) is 24.7 Å². The largest absolute Gasteiger partial charge is 0.374 e. The van der Waals surface area contributed by atoms with Gasteiger partial charge in [-0.3, -0.25) is 4.57 Å². The summed E-state index contributed by atoms with van der Waals surface area (Å²) in [5.41, 5.74) is 0.0907. The van der Waals surface area contributed by atoms with Crippen LogP contribution in [0.15, 0.2) is 40.9 Å². The molecule has 0 bridgehead atoms. The molecule has 148 valence electrons. The van der Waals surface area contributed by atoms with Crippen molar-refractivity contribution >= 4 is 13.4 Å².